The van der Waals surface area contributed by atoms with Crippen LogP contribution in [0.1, 0.15) is 23.9 Å². The highest BCUT2D eigenvalue weighted by Gasteiger charge is 2.17. The number of hydrogen-bond acceptors (Lipinski definition) is 5. The molecular weight excluding hydrogens is 451 g/mol. The summed E-state index contributed by atoms with van der Waals surface area (Å²) in [6.07, 6.45) is 0.831. The largest absolute Gasteiger partial charge is 0.483 e. The molecule has 1 N–H and O–H groups in total. The molecule has 1 heterocycles. The lowest BCUT2D eigenvalue weighted by Crippen LogP contribution is -2.16. The number of para-hydroxylation sites is 3. The third kappa shape index (κ3) is 5.46. The molecule has 0 radical (unpaired) electrons. The topological polar surface area (TPSA) is 69.0 Å². The van der Waals surface area contributed by atoms with E-state index in [0.29, 0.717) is 11.0 Å². The van der Waals surface area contributed by atoms with Crippen LogP contribution in [0.2, 0.25) is 0 Å². The highest BCUT2D eigenvalue weighted by atomic mass is 32.2. The van der Waals surface area contributed by atoms with Gasteiger partial charge in [-0.15, -0.1) is 10.2 Å². The molecule has 0 fully saturated rings. The summed E-state index contributed by atoms with van der Waals surface area (Å²) < 4.78 is 21.5. The van der Waals surface area contributed by atoms with E-state index in [1.165, 1.54) is 17.8 Å². The van der Waals surface area contributed by atoms with Crippen molar-refractivity contribution in [1.29, 1.82) is 0 Å². The minimum absolute atomic E-state index is 0.0264. The van der Waals surface area contributed by atoms with Crippen molar-refractivity contribution < 1.29 is 13.9 Å². The smallest absolute Gasteiger partial charge is 0.234 e. The molecule has 0 aliphatic heterocycles. The molecule has 0 atom stereocenters. The Bertz CT molecular complexity index is 1280. The number of hydrogen-bond donors (Lipinski definition) is 1. The van der Waals surface area contributed by atoms with Gasteiger partial charge in [-0.05, 0) is 48.7 Å². The maximum absolute atomic E-state index is 14.0. The third-order valence-corrected chi connectivity index (χ3v) is 6.17. The van der Waals surface area contributed by atoms with Crippen LogP contribution in [0.5, 0.6) is 5.75 Å². The Labute approximate surface area is 202 Å². The van der Waals surface area contributed by atoms with Gasteiger partial charge in [0.2, 0.25) is 5.91 Å². The predicted molar refractivity (Wildman–Crippen MR) is 132 cm³/mol. The number of rotatable bonds is 9. The second-order valence-corrected chi connectivity index (χ2v) is 8.53. The highest BCUT2D eigenvalue weighted by molar-refractivity contribution is 7.99. The first-order valence-electron chi connectivity index (χ1n) is 10.9. The molecule has 0 saturated carbocycles. The summed E-state index contributed by atoms with van der Waals surface area (Å²) in [5.74, 6) is 0.243. The molecular formula is C26H25FN4O2S. The van der Waals surface area contributed by atoms with Gasteiger partial charge in [-0.25, -0.2) is 4.39 Å². The SMILES string of the molecule is CCc1cccc(C)c1NC(=O)CSc1nnc(COc2ccccc2F)n1-c1ccccc1. The first-order valence-corrected chi connectivity index (χ1v) is 11.9. The van der Waals surface area contributed by atoms with Crippen LogP contribution in [0.3, 0.4) is 0 Å². The summed E-state index contributed by atoms with van der Waals surface area (Å²) in [5, 5.41) is 12.1. The normalized spacial score (nSPS) is 10.8. The predicted octanol–water partition coefficient (Wildman–Crippen LogP) is 5.59. The van der Waals surface area contributed by atoms with E-state index in [0.717, 1.165) is 28.9 Å². The Morgan fingerprint density at radius 3 is 2.56 bits per heavy atom. The van der Waals surface area contributed by atoms with Gasteiger partial charge in [0.05, 0.1) is 5.75 Å². The number of aromatic nitrogens is 3. The molecule has 8 heteroatoms. The molecule has 4 rings (SSSR count). The van der Waals surface area contributed by atoms with Gasteiger partial charge in [-0.2, -0.15) is 0 Å². The van der Waals surface area contributed by atoms with E-state index in [1.54, 1.807) is 18.2 Å². The average Bonchev–Trinajstić information content (AvgIpc) is 3.27. The van der Waals surface area contributed by atoms with Crippen LogP contribution in [0.25, 0.3) is 5.69 Å². The molecule has 1 amide bonds. The van der Waals surface area contributed by atoms with Crippen LogP contribution in [-0.2, 0) is 17.8 Å². The van der Waals surface area contributed by atoms with Gasteiger partial charge in [0.1, 0.15) is 6.61 Å². The molecule has 0 aliphatic rings. The number of halogens is 1. The Balaban J connectivity index is 1.52. The van der Waals surface area contributed by atoms with Crippen molar-refractivity contribution in [3.63, 3.8) is 0 Å². The number of carbonyl (C=O) groups excluding carboxylic acids is 1. The molecule has 0 aliphatic carbocycles. The fourth-order valence-corrected chi connectivity index (χ4v) is 4.31. The fraction of sp³-hybridized carbons (Fsp3) is 0.192. The van der Waals surface area contributed by atoms with E-state index in [-0.39, 0.29) is 24.0 Å². The number of nitrogens with one attached hydrogen (secondary N) is 1. The van der Waals surface area contributed by atoms with Gasteiger partial charge in [0, 0.05) is 11.4 Å². The van der Waals surface area contributed by atoms with Crippen molar-refractivity contribution in [3.05, 3.63) is 95.6 Å². The lowest BCUT2D eigenvalue weighted by molar-refractivity contribution is -0.113. The van der Waals surface area contributed by atoms with Crippen LogP contribution in [-0.4, -0.2) is 26.4 Å². The molecule has 174 valence electrons. The number of ether oxygens (including phenoxy) is 1. The van der Waals surface area contributed by atoms with Gasteiger partial charge < -0.3 is 10.1 Å². The van der Waals surface area contributed by atoms with Crippen molar-refractivity contribution in [1.82, 2.24) is 14.8 Å². The van der Waals surface area contributed by atoms with E-state index in [9.17, 15) is 9.18 Å². The standard InChI is InChI=1S/C26H25FN4O2S/c1-3-19-11-9-10-18(2)25(19)28-24(32)17-34-26-30-29-23(31(26)20-12-5-4-6-13-20)16-33-22-15-8-7-14-21(22)27/h4-15H,3,16-17H2,1-2H3,(H,28,32). The van der Waals surface area contributed by atoms with Crippen molar-refractivity contribution >= 4 is 23.4 Å². The van der Waals surface area contributed by atoms with Gasteiger partial charge >= 0.3 is 0 Å². The fourth-order valence-electron chi connectivity index (χ4n) is 3.54. The molecule has 3 aromatic carbocycles. The van der Waals surface area contributed by atoms with Gasteiger partial charge in [0.15, 0.2) is 22.5 Å². The average molecular weight is 477 g/mol. The third-order valence-electron chi connectivity index (χ3n) is 5.24. The van der Waals surface area contributed by atoms with Crippen molar-refractivity contribution in [2.45, 2.75) is 32.0 Å². The number of aryl methyl sites for hydroxylation is 2. The number of anilines is 1. The van der Waals surface area contributed by atoms with Crippen molar-refractivity contribution in [2.24, 2.45) is 0 Å². The van der Waals surface area contributed by atoms with Crippen LogP contribution in [0.4, 0.5) is 10.1 Å². The molecule has 0 bridgehead atoms. The number of benzene rings is 3. The monoisotopic (exact) mass is 476 g/mol. The molecule has 4 aromatic rings. The van der Waals surface area contributed by atoms with E-state index < -0.39 is 5.82 Å². The van der Waals surface area contributed by atoms with Crippen LogP contribution < -0.4 is 10.1 Å². The summed E-state index contributed by atoms with van der Waals surface area (Å²) in [7, 11) is 0. The number of amides is 1. The molecule has 6 nitrogen and oxygen atoms in total. The van der Waals surface area contributed by atoms with E-state index in [2.05, 4.69) is 22.4 Å². The molecule has 34 heavy (non-hydrogen) atoms. The Kier molecular flexibility index (Phi) is 7.59. The maximum atomic E-state index is 14.0. The van der Waals surface area contributed by atoms with Gasteiger partial charge in [0.25, 0.3) is 0 Å². The number of thioether (sulfide) groups is 1. The van der Waals surface area contributed by atoms with Crippen molar-refractivity contribution in [2.75, 3.05) is 11.1 Å². The molecule has 0 spiro atoms. The van der Waals surface area contributed by atoms with Gasteiger partial charge in [-0.1, -0.05) is 67.2 Å². The summed E-state index contributed by atoms with van der Waals surface area (Å²) in [6.45, 7) is 4.07. The Hall–Kier alpha value is -3.65. The second-order valence-electron chi connectivity index (χ2n) is 7.59. The zero-order chi connectivity index (χ0) is 23.9. The zero-order valence-electron chi connectivity index (χ0n) is 19.0. The molecule has 1 aromatic heterocycles. The minimum Gasteiger partial charge on any atom is -0.483 e. The lowest BCUT2D eigenvalue weighted by Gasteiger charge is -2.13. The van der Waals surface area contributed by atoms with Crippen molar-refractivity contribution in [3.8, 4) is 11.4 Å². The van der Waals surface area contributed by atoms with Crippen LogP contribution in [0, 0.1) is 12.7 Å². The first kappa shape index (κ1) is 23.5. The van der Waals surface area contributed by atoms with E-state index in [1.807, 2.05) is 60.0 Å². The highest BCUT2D eigenvalue weighted by Crippen LogP contribution is 2.25. The molecule has 0 unspecified atom stereocenters. The Morgan fingerprint density at radius 2 is 1.79 bits per heavy atom. The van der Waals surface area contributed by atoms with E-state index >= 15 is 0 Å². The zero-order valence-corrected chi connectivity index (χ0v) is 19.8. The minimum atomic E-state index is -0.442. The summed E-state index contributed by atoms with van der Waals surface area (Å²) >= 11 is 1.28. The molecule has 0 saturated heterocycles. The van der Waals surface area contributed by atoms with Gasteiger partial charge in [-0.3, -0.25) is 9.36 Å². The summed E-state index contributed by atoms with van der Waals surface area (Å²) in [6, 6.07) is 21.8. The number of nitrogens with zero attached hydrogens (tertiary/aromatic N) is 3. The van der Waals surface area contributed by atoms with Crippen LogP contribution >= 0.6 is 11.8 Å². The number of carbonyl (C=O) groups is 1. The summed E-state index contributed by atoms with van der Waals surface area (Å²) in [4.78, 5) is 12.8. The second kappa shape index (κ2) is 11.0. The maximum Gasteiger partial charge on any atom is 0.234 e. The summed E-state index contributed by atoms with van der Waals surface area (Å²) in [5.41, 5.74) is 3.81. The van der Waals surface area contributed by atoms with Crippen LogP contribution in [0.15, 0.2) is 78.0 Å². The first-order chi connectivity index (χ1) is 16.6. The quantitative estimate of drug-likeness (QED) is 0.319. The van der Waals surface area contributed by atoms with E-state index in [4.69, 9.17) is 4.74 Å². The lowest BCUT2D eigenvalue weighted by atomic mass is 10.1. The Morgan fingerprint density at radius 1 is 1.03 bits per heavy atom.